The van der Waals surface area contributed by atoms with Crippen molar-refractivity contribution in [3.63, 3.8) is 0 Å². The van der Waals surface area contributed by atoms with E-state index in [1.165, 1.54) is 0 Å². The Labute approximate surface area is 107 Å². The van der Waals surface area contributed by atoms with Gasteiger partial charge in [0, 0.05) is 11.9 Å². The van der Waals surface area contributed by atoms with Crippen LogP contribution in [0.5, 0.6) is 0 Å². The summed E-state index contributed by atoms with van der Waals surface area (Å²) in [6.45, 7) is 1.78. The fraction of sp³-hybridized carbons (Fsp3) is 0.900. The van der Waals surface area contributed by atoms with Crippen molar-refractivity contribution >= 4 is 5.97 Å². The van der Waals surface area contributed by atoms with Crippen LogP contribution in [0.3, 0.4) is 0 Å². The van der Waals surface area contributed by atoms with Crippen molar-refractivity contribution in [3.05, 3.63) is 0 Å². The van der Waals surface area contributed by atoms with Gasteiger partial charge in [-0.25, -0.2) is 0 Å². The van der Waals surface area contributed by atoms with Crippen LogP contribution in [0, 0.1) is 5.92 Å². The van der Waals surface area contributed by atoms with E-state index in [2.05, 4.69) is 0 Å². The molecule has 1 atom stereocenters. The number of rotatable bonds is 3. The van der Waals surface area contributed by atoms with Gasteiger partial charge in [0.1, 0.15) is 0 Å². The first-order valence-electron chi connectivity index (χ1n) is 5.03. The predicted octanol–water partition coefficient (Wildman–Crippen LogP) is -2.54. The molecule has 0 unspecified atom stereocenters. The van der Waals surface area contributed by atoms with Crippen LogP contribution >= 0.6 is 0 Å². The number of carboxylic acids is 1. The fourth-order valence-electron chi connectivity index (χ4n) is 2.28. The molecule has 0 radical (unpaired) electrons. The van der Waals surface area contributed by atoms with Gasteiger partial charge < -0.3 is 15.0 Å². The van der Waals surface area contributed by atoms with Gasteiger partial charge in [0.05, 0.1) is 5.60 Å². The second kappa shape index (κ2) is 6.11. The number of hydrogen-bond acceptors (Lipinski definition) is 3. The third-order valence-corrected chi connectivity index (χ3v) is 3.06. The van der Waals surface area contributed by atoms with Gasteiger partial charge in [0.2, 0.25) is 0 Å². The summed E-state index contributed by atoms with van der Waals surface area (Å²) < 4.78 is 0. The minimum Gasteiger partial charge on any atom is -0.550 e. The molecule has 0 aromatic rings. The zero-order valence-corrected chi connectivity index (χ0v) is 11.1. The number of aliphatic carboxylic acids is 1. The Morgan fingerprint density at radius 2 is 1.93 bits per heavy atom. The van der Waals surface area contributed by atoms with Crippen LogP contribution in [0.4, 0.5) is 0 Å². The molecule has 1 rings (SSSR count). The Bertz CT molecular complexity index is 188. The van der Waals surface area contributed by atoms with E-state index in [1.54, 1.807) is 6.92 Å². The van der Waals surface area contributed by atoms with Gasteiger partial charge in [-0.3, -0.25) is 0 Å². The molecular formula is C10H17NaO3. The minimum absolute atomic E-state index is 0. The van der Waals surface area contributed by atoms with Gasteiger partial charge in [-0.05, 0) is 19.3 Å². The quantitative estimate of drug-likeness (QED) is 0.520. The summed E-state index contributed by atoms with van der Waals surface area (Å²) in [6.07, 6.45) is 4.64. The average Bonchev–Trinajstić information content (AvgIpc) is 2.05. The predicted molar refractivity (Wildman–Crippen MR) is 46.8 cm³/mol. The third kappa shape index (κ3) is 3.23. The molecule has 0 amide bonds. The molecule has 1 saturated carbocycles. The Hall–Kier alpha value is 0.430. The molecule has 0 aromatic heterocycles. The maximum atomic E-state index is 10.8. The summed E-state index contributed by atoms with van der Waals surface area (Å²) >= 11 is 0. The first-order valence-corrected chi connectivity index (χ1v) is 5.03. The second-order valence-electron chi connectivity index (χ2n) is 3.94. The normalized spacial score (nSPS) is 22.1. The minimum atomic E-state index is -1.10. The maximum Gasteiger partial charge on any atom is 1.00 e. The number of aliphatic hydroxyl groups is 1. The summed E-state index contributed by atoms with van der Waals surface area (Å²) in [4.78, 5) is 10.8. The standard InChI is InChI=1S/C10H18O3.Na/c1-2-8(9(11)12)10(13)6-4-3-5-7-10;/h8,13H,2-7H2,1H3,(H,11,12);/q;+1/p-1/t8-;/m0./s1. The zero-order chi connectivity index (χ0) is 9.90. The number of carbonyl (C=O) groups is 1. The van der Waals surface area contributed by atoms with Crippen LogP contribution in [-0.2, 0) is 4.79 Å². The first kappa shape index (κ1) is 14.4. The SMILES string of the molecule is CC[C@@H](C(=O)[O-])C1(O)CCCCC1.[Na+]. The van der Waals surface area contributed by atoms with Crippen LogP contribution in [0.15, 0.2) is 0 Å². The number of hydrogen-bond donors (Lipinski definition) is 1. The van der Waals surface area contributed by atoms with Crippen LogP contribution in [0.1, 0.15) is 45.4 Å². The Morgan fingerprint density at radius 3 is 2.29 bits per heavy atom. The van der Waals surface area contributed by atoms with Crippen LogP contribution in [0.2, 0.25) is 0 Å². The largest absolute Gasteiger partial charge is 1.00 e. The van der Waals surface area contributed by atoms with Crippen molar-refractivity contribution in [3.8, 4) is 0 Å². The molecule has 3 nitrogen and oxygen atoms in total. The Morgan fingerprint density at radius 1 is 1.43 bits per heavy atom. The van der Waals surface area contributed by atoms with E-state index >= 15 is 0 Å². The van der Waals surface area contributed by atoms with E-state index in [-0.39, 0.29) is 29.6 Å². The van der Waals surface area contributed by atoms with Gasteiger partial charge in [0.15, 0.2) is 0 Å². The number of carbonyl (C=O) groups excluding carboxylic acids is 1. The van der Waals surface area contributed by atoms with Crippen LogP contribution in [-0.4, -0.2) is 16.7 Å². The van der Waals surface area contributed by atoms with Gasteiger partial charge >= 0.3 is 29.6 Å². The topological polar surface area (TPSA) is 60.4 Å². The smallest absolute Gasteiger partial charge is 0.550 e. The van der Waals surface area contributed by atoms with Gasteiger partial charge in [-0.2, -0.15) is 0 Å². The third-order valence-electron chi connectivity index (χ3n) is 3.06. The molecule has 1 N–H and O–H groups in total. The average molecular weight is 208 g/mol. The summed E-state index contributed by atoms with van der Waals surface area (Å²) in [6, 6.07) is 0. The summed E-state index contributed by atoms with van der Waals surface area (Å²) in [5, 5.41) is 20.8. The molecule has 1 fully saturated rings. The van der Waals surface area contributed by atoms with Gasteiger partial charge in [-0.1, -0.05) is 26.2 Å². The molecule has 0 aliphatic heterocycles. The summed E-state index contributed by atoms with van der Waals surface area (Å²) in [5.74, 6) is -1.79. The van der Waals surface area contributed by atoms with Crippen molar-refractivity contribution in [1.82, 2.24) is 0 Å². The first-order chi connectivity index (χ1) is 6.10. The molecule has 0 aromatic carbocycles. The van der Waals surface area contributed by atoms with E-state index in [0.29, 0.717) is 19.3 Å². The molecule has 14 heavy (non-hydrogen) atoms. The maximum absolute atomic E-state index is 10.8. The van der Waals surface area contributed by atoms with Crippen molar-refractivity contribution < 1.29 is 44.6 Å². The molecular weight excluding hydrogens is 191 g/mol. The molecule has 0 bridgehead atoms. The number of carboxylic acid groups (broad SMARTS) is 1. The molecule has 1 aliphatic rings. The fourth-order valence-corrected chi connectivity index (χ4v) is 2.28. The van der Waals surface area contributed by atoms with E-state index < -0.39 is 17.5 Å². The van der Waals surface area contributed by atoms with E-state index in [1.807, 2.05) is 0 Å². The van der Waals surface area contributed by atoms with E-state index in [0.717, 1.165) is 19.3 Å². The molecule has 1 aliphatic carbocycles. The van der Waals surface area contributed by atoms with Crippen LogP contribution in [0.25, 0.3) is 0 Å². The van der Waals surface area contributed by atoms with Crippen molar-refractivity contribution in [1.29, 1.82) is 0 Å². The van der Waals surface area contributed by atoms with Crippen molar-refractivity contribution in [2.24, 2.45) is 5.92 Å². The Balaban J connectivity index is 0.00000169. The summed E-state index contributed by atoms with van der Waals surface area (Å²) in [7, 11) is 0. The van der Waals surface area contributed by atoms with Gasteiger partial charge in [-0.15, -0.1) is 0 Å². The van der Waals surface area contributed by atoms with Gasteiger partial charge in [0.25, 0.3) is 0 Å². The zero-order valence-electron chi connectivity index (χ0n) is 9.08. The van der Waals surface area contributed by atoms with Crippen LogP contribution < -0.4 is 34.7 Å². The molecule has 4 heteroatoms. The van der Waals surface area contributed by atoms with E-state index in [4.69, 9.17) is 0 Å². The van der Waals surface area contributed by atoms with E-state index in [9.17, 15) is 15.0 Å². The molecule has 0 heterocycles. The second-order valence-corrected chi connectivity index (χ2v) is 3.94. The molecule has 0 spiro atoms. The molecule has 76 valence electrons. The molecule has 0 saturated heterocycles. The summed E-state index contributed by atoms with van der Waals surface area (Å²) in [5.41, 5.74) is -0.994. The monoisotopic (exact) mass is 208 g/mol. The van der Waals surface area contributed by atoms with Crippen molar-refractivity contribution in [2.75, 3.05) is 0 Å². The van der Waals surface area contributed by atoms with Crippen molar-refractivity contribution in [2.45, 2.75) is 51.0 Å². The Kier molecular flexibility index (Phi) is 6.30.